The van der Waals surface area contributed by atoms with Gasteiger partial charge in [-0.1, -0.05) is 12.1 Å². The van der Waals surface area contributed by atoms with Gasteiger partial charge in [-0.15, -0.1) is 0 Å². The van der Waals surface area contributed by atoms with Crippen molar-refractivity contribution in [2.75, 3.05) is 7.11 Å². The molecule has 5 heteroatoms. The summed E-state index contributed by atoms with van der Waals surface area (Å²) in [7, 11) is 3.29. The molecule has 0 spiro atoms. The Labute approximate surface area is 96.6 Å². The lowest BCUT2D eigenvalue weighted by Crippen LogP contribution is -2.11. The highest BCUT2D eigenvalue weighted by Crippen LogP contribution is 2.27. The molecule has 0 amide bonds. The second-order valence-corrected chi connectivity index (χ2v) is 3.88. The summed E-state index contributed by atoms with van der Waals surface area (Å²) in [6.45, 7) is 0. The highest BCUT2D eigenvalue weighted by Gasteiger charge is 2.10. The van der Waals surface area contributed by atoms with Gasteiger partial charge in [-0.05, 0) is 6.07 Å². The lowest BCUT2D eigenvalue weighted by atomic mass is 10.1. The molecule has 0 aliphatic carbocycles. The van der Waals surface area contributed by atoms with Crippen LogP contribution in [0.3, 0.4) is 0 Å². The molecule has 3 aromatic rings. The Balaban J connectivity index is 2.57. The fraction of sp³-hybridized carbons (Fsp3) is 0.167. The third-order valence-corrected chi connectivity index (χ3v) is 2.89. The summed E-state index contributed by atoms with van der Waals surface area (Å²) < 4.78 is 6.70. The summed E-state index contributed by atoms with van der Waals surface area (Å²) in [4.78, 5) is 16.1. The van der Waals surface area contributed by atoms with E-state index in [1.54, 1.807) is 20.4 Å². The molecule has 2 aromatic heterocycles. The quantitative estimate of drug-likeness (QED) is 0.686. The van der Waals surface area contributed by atoms with Gasteiger partial charge in [0.15, 0.2) is 0 Å². The average Bonchev–Trinajstić information content (AvgIpc) is 2.65. The van der Waals surface area contributed by atoms with Crippen molar-refractivity contribution in [3.05, 3.63) is 34.7 Å². The Morgan fingerprint density at radius 2 is 2.18 bits per heavy atom. The van der Waals surface area contributed by atoms with Crippen molar-refractivity contribution in [2.24, 2.45) is 7.05 Å². The third kappa shape index (κ3) is 1.25. The van der Waals surface area contributed by atoms with Crippen molar-refractivity contribution >= 4 is 21.8 Å². The third-order valence-electron chi connectivity index (χ3n) is 2.89. The Bertz CT molecular complexity index is 770. The van der Waals surface area contributed by atoms with Crippen LogP contribution in [0.4, 0.5) is 0 Å². The molecule has 0 radical (unpaired) electrons. The van der Waals surface area contributed by atoms with Crippen molar-refractivity contribution in [1.29, 1.82) is 0 Å². The normalized spacial score (nSPS) is 11.2. The summed E-state index contributed by atoms with van der Waals surface area (Å²) in [5.74, 6) is 0.703. The van der Waals surface area contributed by atoms with E-state index in [2.05, 4.69) is 10.1 Å². The fourth-order valence-electron chi connectivity index (χ4n) is 2.04. The van der Waals surface area contributed by atoms with E-state index in [0.29, 0.717) is 11.1 Å². The number of aromatic amines is 1. The van der Waals surface area contributed by atoms with Crippen LogP contribution < -0.4 is 10.3 Å². The summed E-state index contributed by atoms with van der Waals surface area (Å²) in [5.41, 5.74) is 1.47. The van der Waals surface area contributed by atoms with Gasteiger partial charge in [0.05, 0.1) is 18.0 Å². The van der Waals surface area contributed by atoms with Crippen LogP contribution in [0.15, 0.2) is 29.2 Å². The second kappa shape index (κ2) is 3.35. The first-order valence-corrected chi connectivity index (χ1v) is 5.23. The highest BCUT2D eigenvalue weighted by molar-refractivity contribution is 6.04. The molecule has 0 aliphatic heterocycles. The van der Waals surface area contributed by atoms with Crippen LogP contribution in [0.1, 0.15) is 0 Å². The maximum Gasteiger partial charge on any atom is 0.275 e. The standard InChI is InChI=1S/C12H11N3O2/c1-15-12(16)8-6-13-11-7(10(8)14-15)4-3-5-9(11)17-2/h3-6,14H,1-2H3. The van der Waals surface area contributed by atoms with Crippen LogP contribution in [-0.4, -0.2) is 21.9 Å². The van der Waals surface area contributed by atoms with E-state index >= 15 is 0 Å². The van der Waals surface area contributed by atoms with E-state index < -0.39 is 0 Å². The molecule has 0 saturated carbocycles. The van der Waals surface area contributed by atoms with Gasteiger partial charge in [0.1, 0.15) is 11.3 Å². The number of nitrogens with one attached hydrogen (secondary N) is 1. The Hall–Kier alpha value is -2.30. The number of aromatic nitrogens is 3. The number of pyridine rings is 1. The molecule has 86 valence electrons. The first-order chi connectivity index (χ1) is 8.22. The van der Waals surface area contributed by atoms with Crippen molar-refractivity contribution in [2.45, 2.75) is 0 Å². The zero-order valence-electron chi connectivity index (χ0n) is 9.52. The van der Waals surface area contributed by atoms with E-state index in [1.165, 1.54) is 4.68 Å². The molecule has 0 unspecified atom stereocenters. The number of benzene rings is 1. The number of hydrogen-bond acceptors (Lipinski definition) is 3. The van der Waals surface area contributed by atoms with Crippen molar-refractivity contribution in [3.8, 4) is 5.75 Å². The van der Waals surface area contributed by atoms with Gasteiger partial charge in [0.25, 0.3) is 5.56 Å². The van der Waals surface area contributed by atoms with E-state index in [-0.39, 0.29) is 5.56 Å². The van der Waals surface area contributed by atoms with Crippen LogP contribution in [-0.2, 0) is 7.05 Å². The molecule has 17 heavy (non-hydrogen) atoms. The Morgan fingerprint density at radius 3 is 2.94 bits per heavy atom. The van der Waals surface area contributed by atoms with E-state index in [1.807, 2.05) is 18.2 Å². The van der Waals surface area contributed by atoms with Gasteiger partial charge in [-0.3, -0.25) is 19.6 Å². The highest BCUT2D eigenvalue weighted by atomic mass is 16.5. The number of nitrogens with zero attached hydrogens (tertiary/aromatic N) is 2. The van der Waals surface area contributed by atoms with Crippen molar-refractivity contribution < 1.29 is 4.74 Å². The minimum absolute atomic E-state index is 0.0720. The number of fused-ring (bicyclic) bond motifs is 3. The number of methoxy groups -OCH3 is 1. The summed E-state index contributed by atoms with van der Waals surface area (Å²) >= 11 is 0. The first-order valence-electron chi connectivity index (χ1n) is 5.23. The predicted octanol–water partition coefficient (Wildman–Crippen LogP) is 1.42. The monoisotopic (exact) mass is 229 g/mol. The molecule has 0 aliphatic rings. The van der Waals surface area contributed by atoms with Gasteiger partial charge >= 0.3 is 0 Å². The fourth-order valence-corrected chi connectivity index (χ4v) is 2.04. The van der Waals surface area contributed by atoms with E-state index in [4.69, 9.17) is 4.74 Å². The molecule has 3 rings (SSSR count). The minimum Gasteiger partial charge on any atom is -0.494 e. The van der Waals surface area contributed by atoms with Crippen LogP contribution in [0.25, 0.3) is 21.8 Å². The number of H-pyrrole nitrogens is 1. The Kier molecular flexibility index (Phi) is 1.95. The van der Waals surface area contributed by atoms with Gasteiger partial charge in [0.2, 0.25) is 0 Å². The molecule has 5 nitrogen and oxygen atoms in total. The number of aryl methyl sites for hydroxylation is 1. The lowest BCUT2D eigenvalue weighted by Gasteiger charge is -2.03. The SMILES string of the molecule is COc1cccc2c1ncc1c(=O)n(C)[nH]c12. The van der Waals surface area contributed by atoms with Crippen LogP contribution in [0, 0.1) is 0 Å². The molecule has 0 fully saturated rings. The topological polar surface area (TPSA) is 59.9 Å². The molecular formula is C12H11N3O2. The summed E-state index contributed by atoms with van der Waals surface area (Å²) in [6.07, 6.45) is 1.58. The number of hydrogen-bond donors (Lipinski definition) is 1. The van der Waals surface area contributed by atoms with Gasteiger partial charge < -0.3 is 4.74 Å². The molecular weight excluding hydrogens is 218 g/mol. The van der Waals surface area contributed by atoms with E-state index in [9.17, 15) is 4.79 Å². The molecule has 1 N–H and O–H groups in total. The van der Waals surface area contributed by atoms with Crippen LogP contribution >= 0.6 is 0 Å². The maximum absolute atomic E-state index is 11.8. The maximum atomic E-state index is 11.8. The zero-order valence-corrected chi connectivity index (χ0v) is 9.52. The zero-order chi connectivity index (χ0) is 12.0. The number of rotatable bonds is 1. The lowest BCUT2D eigenvalue weighted by molar-refractivity contribution is 0.419. The molecule has 2 heterocycles. The van der Waals surface area contributed by atoms with Crippen LogP contribution in [0.2, 0.25) is 0 Å². The number of ether oxygens (including phenoxy) is 1. The molecule has 0 saturated heterocycles. The second-order valence-electron chi connectivity index (χ2n) is 3.88. The predicted molar refractivity (Wildman–Crippen MR) is 65.4 cm³/mol. The first kappa shape index (κ1) is 9.89. The van der Waals surface area contributed by atoms with Gasteiger partial charge in [-0.25, -0.2) is 0 Å². The molecule has 0 bridgehead atoms. The summed E-state index contributed by atoms with van der Waals surface area (Å²) in [6, 6.07) is 5.65. The molecule has 1 aromatic carbocycles. The molecule has 0 atom stereocenters. The number of para-hydroxylation sites is 1. The van der Waals surface area contributed by atoms with Crippen molar-refractivity contribution in [1.82, 2.24) is 14.8 Å². The minimum atomic E-state index is -0.0720. The largest absolute Gasteiger partial charge is 0.494 e. The van der Waals surface area contributed by atoms with E-state index in [0.717, 1.165) is 16.4 Å². The van der Waals surface area contributed by atoms with Gasteiger partial charge in [-0.2, -0.15) is 0 Å². The summed E-state index contributed by atoms with van der Waals surface area (Å²) in [5, 5.41) is 4.51. The van der Waals surface area contributed by atoms with Crippen molar-refractivity contribution in [3.63, 3.8) is 0 Å². The Morgan fingerprint density at radius 1 is 1.35 bits per heavy atom. The van der Waals surface area contributed by atoms with Gasteiger partial charge in [0, 0.05) is 18.6 Å². The van der Waals surface area contributed by atoms with Crippen LogP contribution in [0.5, 0.6) is 5.75 Å². The smallest absolute Gasteiger partial charge is 0.275 e. The average molecular weight is 229 g/mol.